The quantitative estimate of drug-likeness (QED) is 0.837. The lowest BCUT2D eigenvalue weighted by molar-refractivity contribution is -0.140. The van der Waals surface area contributed by atoms with Gasteiger partial charge in [-0.3, -0.25) is 9.59 Å². The van der Waals surface area contributed by atoms with Crippen LogP contribution in [-0.4, -0.2) is 23.0 Å². The summed E-state index contributed by atoms with van der Waals surface area (Å²) in [6, 6.07) is 3.91. The predicted molar refractivity (Wildman–Crippen MR) is 70.7 cm³/mol. The molecule has 4 nitrogen and oxygen atoms in total. The number of benzene rings is 1. The number of carbonyl (C=O) groups excluding carboxylic acids is 1. The van der Waals surface area contributed by atoms with Crippen LogP contribution in [0.25, 0.3) is 6.08 Å². The Morgan fingerprint density at radius 3 is 2.33 bits per heavy atom. The molecule has 18 heavy (non-hydrogen) atoms. The number of rotatable bonds is 4. The number of hydrogen-bond donors (Lipinski definition) is 2. The second kappa shape index (κ2) is 6.42. The number of hydrogen-bond acceptors (Lipinski definition) is 2. The maximum absolute atomic E-state index is 11.4. The molecule has 1 rings (SSSR count). The summed E-state index contributed by atoms with van der Waals surface area (Å²) in [5.74, 6) is -1.59. The van der Waals surface area contributed by atoms with Crippen molar-refractivity contribution in [2.75, 3.05) is 0 Å². The molecule has 0 aliphatic carbocycles. The van der Waals surface area contributed by atoms with Gasteiger partial charge in [0.1, 0.15) is 6.04 Å². The van der Waals surface area contributed by atoms with Gasteiger partial charge in [0.2, 0.25) is 5.91 Å². The molecule has 0 heterocycles. The van der Waals surface area contributed by atoms with Crippen molar-refractivity contribution >= 4 is 41.2 Å². The first kappa shape index (κ1) is 14.5. The summed E-state index contributed by atoms with van der Waals surface area (Å²) in [5.41, 5.74) is 0.658. The van der Waals surface area contributed by atoms with Gasteiger partial charge >= 0.3 is 5.97 Å². The maximum atomic E-state index is 11.4. The van der Waals surface area contributed by atoms with Crippen molar-refractivity contribution in [1.29, 1.82) is 0 Å². The minimum atomic E-state index is -1.09. The number of carboxylic acids is 1. The Morgan fingerprint density at radius 1 is 1.28 bits per heavy atom. The molecule has 1 amide bonds. The number of carbonyl (C=O) groups is 2. The van der Waals surface area contributed by atoms with Crippen LogP contribution >= 0.6 is 23.2 Å². The third-order valence-electron chi connectivity index (χ3n) is 2.04. The molecule has 96 valence electrons. The normalized spacial score (nSPS) is 12.4. The number of aliphatic carboxylic acids is 1. The largest absolute Gasteiger partial charge is 0.480 e. The van der Waals surface area contributed by atoms with Gasteiger partial charge in [-0.15, -0.1) is 0 Å². The summed E-state index contributed by atoms with van der Waals surface area (Å²) in [6.07, 6.45) is 2.73. The van der Waals surface area contributed by atoms with Gasteiger partial charge in [0.15, 0.2) is 0 Å². The summed E-state index contributed by atoms with van der Waals surface area (Å²) >= 11 is 11.6. The Hall–Kier alpha value is -1.52. The van der Waals surface area contributed by atoms with Crippen LogP contribution in [0, 0.1) is 0 Å². The zero-order valence-electron chi connectivity index (χ0n) is 9.48. The number of amides is 1. The van der Waals surface area contributed by atoms with E-state index in [1.807, 2.05) is 0 Å². The Labute approximate surface area is 114 Å². The molecule has 2 N–H and O–H groups in total. The molecule has 0 radical (unpaired) electrons. The molecule has 0 fully saturated rings. The van der Waals surface area contributed by atoms with Crippen molar-refractivity contribution in [2.45, 2.75) is 13.0 Å². The van der Waals surface area contributed by atoms with Crippen molar-refractivity contribution in [1.82, 2.24) is 5.32 Å². The van der Waals surface area contributed by atoms with Crippen molar-refractivity contribution < 1.29 is 14.7 Å². The van der Waals surface area contributed by atoms with E-state index < -0.39 is 17.9 Å². The van der Waals surface area contributed by atoms with Crippen LogP contribution in [0.2, 0.25) is 10.0 Å². The molecule has 0 saturated carbocycles. The van der Waals surface area contributed by atoms with Gasteiger partial charge in [0.25, 0.3) is 0 Å². The topological polar surface area (TPSA) is 66.4 Å². The summed E-state index contributed by atoms with van der Waals surface area (Å²) < 4.78 is 0. The molecule has 1 aromatic rings. The molecule has 1 atom stereocenters. The monoisotopic (exact) mass is 287 g/mol. The molecule has 0 aromatic heterocycles. The van der Waals surface area contributed by atoms with Gasteiger partial charge in [-0.2, -0.15) is 0 Å². The van der Waals surface area contributed by atoms with Crippen molar-refractivity contribution in [3.63, 3.8) is 0 Å². The number of carboxylic acid groups (broad SMARTS) is 1. The first-order valence-electron chi connectivity index (χ1n) is 5.06. The first-order chi connectivity index (χ1) is 8.38. The highest BCUT2D eigenvalue weighted by Crippen LogP contribution is 2.19. The molecule has 0 spiro atoms. The van der Waals surface area contributed by atoms with Gasteiger partial charge in [-0.1, -0.05) is 23.2 Å². The second-order valence-electron chi connectivity index (χ2n) is 3.60. The van der Waals surface area contributed by atoms with E-state index in [1.54, 1.807) is 18.2 Å². The molecular weight excluding hydrogens is 277 g/mol. The fourth-order valence-electron chi connectivity index (χ4n) is 1.17. The summed E-state index contributed by atoms with van der Waals surface area (Å²) in [6.45, 7) is 1.38. The van der Waals surface area contributed by atoms with Crippen LogP contribution < -0.4 is 5.32 Å². The number of halogens is 2. The standard InChI is InChI=1S/C12H11Cl2NO3/c1-7(12(17)18)15-11(16)3-2-8-4-9(13)6-10(14)5-8/h2-7H,1H3,(H,15,16)(H,17,18)/b3-2+. The molecule has 0 saturated heterocycles. The van der Waals surface area contributed by atoms with Gasteiger partial charge < -0.3 is 10.4 Å². The molecular formula is C12H11Cl2NO3. The molecule has 6 heteroatoms. The molecule has 0 aliphatic heterocycles. The summed E-state index contributed by atoms with van der Waals surface area (Å²) in [7, 11) is 0. The van der Waals surface area contributed by atoms with Crippen molar-refractivity contribution in [2.24, 2.45) is 0 Å². The lowest BCUT2D eigenvalue weighted by Gasteiger charge is -2.06. The van der Waals surface area contributed by atoms with E-state index in [9.17, 15) is 9.59 Å². The van der Waals surface area contributed by atoms with Gasteiger partial charge in [0, 0.05) is 16.1 Å². The van der Waals surface area contributed by atoms with E-state index in [4.69, 9.17) is 28.3 Å². The highest BCUT2D eigenvalue weighted by Gasteiger charge is 2.11. The van der Waals surface area contributed by atoms with Crippen molar-refractivity contribution in [3.05, 3.63) is 39.9 Å². The minimum Gasteiger partial charge on any atom is -0.480 e. The zero-order valence-corrected chi connectivity index (χ0v) is 11.0. The third kappa shape index (κ3) is 4.77. The molecule has 0 aliphatic rings. The van der Waals surface area contributed by atoms with E-state index in [0.29, 0.717) is 15.6 Å². The molecule has 1 aromatic carbocycles. The first-order valence-corrected chi connectivity index (χ1v) is 5.81. The van der Waals surface area contributed by atoms with Crippen LogP contribution in [0.1, 0.15) is 12.5 Å². The average molecular weight is 288 g/mol. The molecule has 1 unspecified atom stereocenters. The van der Waals surface area contributed by atoms with E-state index >= 15 is 0 Å². The van der Waals surface area contributed by atoms with Crippen LogP contribution in [-0.2, 0) is 9.59 Å². The Balaban J connectivity index is 2.69. The van der Waals surface area contributed by atoms with E-state index in [2.05, 4.69) is 5.32 Å². The van der Waals surface area contributed by atoms with E-state index in [1.165, 1.54) is 19.1 Å². The van der Waals surface area contributed by atoms with Crippen LogP contribution in [0.3, 0.4) is 0 Å². The summed E-state index contributed by atoms with van der Waals surface area (Å²) in [5, 5.41) is 11.8. The SMILES string of the molecule is CC(NC(=O)/C=C/c1cc(Cl)cc(Cl)c1)C(=O)O. The fraction of sp³-hybridized carbons (Fsp3) is 0.167. The van der Waals surface area contributed by atoms with Crippen LogP contribution in [0.5, 0.6) is 0 Å². The van der Waals surface area contributed by atoms with E-state index in [-0.39, 0.29) is 0 Å². The lowest BCUT2D eigenvalue weighted by Crippen LogP contribution is -2.37. The average Bonchev–Trinajstić information content (AvgIpc) is 2.25. The third-order valence-corrected chi connectivity index (χ3v) is 2.48. The van der Waals surface area contributed by atoms with Crippen LogP contribution in [0.15, 0.2) is 24.3 Å². The smallest absolute Gasteiger partial charge is 0.325 e. The fourth-order valence-corrected chi connectivity index (χ4v) is 1.71. The van der Waals surface area contributed by atoms with Crippen LogP contribution in [0.4, 0.5) is 0 Å². The second-order valence-corrected chi connectivity index (χ2v) is 4.48. The zero-order chi connectivity index (χ0) is 13.7. The Bertz CT molecular complexity index is 480. The van der Waals surface area contributed by atoms with Gasteiger partial charge in [0.05, 0.1) is 0 Å². The maximum Gasteiger partial charge on any atom is 0.325 e. The summed E-state index contributed by atoms with van der Waals surface area (Å²) in [4.78, 5) is 21.9. The lowest BCUT2D eigenvalue weighted by atomic mass is 10.2. The minimum absolute atomic E-state index is 0.460. The Kier molecular flexibility index (Phi) is 5.19. The highest BCUT2D eigenvalue weighted by atomic mass is 35.5. The predicted octanol–water partition coefficient (Wildman–Crippen LogP) is 2.60. The number of nitrogens with one attached hydrogen (secondary N) is 1. The van der Waals surface area contributed by atoms with E-state index in [0.717, 1.165) is 0 Å². The molecule has 0 bridgehead atoms. The highest BCUT2D eigenvalue weighted by molar-refractivity contribution is 6.34. The van der Waals surface area contributed by atoms with Crippen molar-refractivity contribution in [3.8, 4) is 0 Å². The van der Waals surface area contributed by atoms with Gasteiger partial charge in [-0.05, 0) is 36.8 Å². The Morgan fingerprint density at radius 2 is 1.83 bits per heavy atom. The van der Waals surface area contributed by atoms with Gasteiger partial charge in [-0.25, -0.2) is 0 Å².